The van der Waals surface area contributed by atoms with Gasteiger partial charge in [-0.25, -0.2) is 4.39 Å². The predicted octanol–water partition coefficient (Wildman–Crippen LogP) is 2.92. The molecule has 2 N–H and O–H groups in total. The van der Waals surface area contributed by atoms with Crippen LogP contribution in [0.5, 0.6) is 0 Å². The second-order valence-corrected chi connectivity index (χ2v) is 6.55. The van der Waals surface area contributed by atoms with Crippen LogP contribution < -0.4 is 10.6 Å². The lowest BCUT2D eigenvalue weighted by molar-refractivity contribution is -0.138. The fourth-order valence-corrected chi connectivity index (χ4v) is 3.24. The summed E-state index contributed by atoms with van der Waals surface area (Å²) in [6, 6.07) is 6.12. The summed E-state index contributed by atoms with van der Waals surface area (Å²) >= 11 is 0. The van der Waals surface area contributed by atoms with Crippen LogP contribution in [0, 0.1) is 5.82 Å². The number of alkyl halides is 3. The van der Waals surface area contributed by atoms with E-state index >= 15 is 0 Å². The maximum Gasteiger partial charge on any atom is 0.416 e. The third-order valence-corrected chi connectivity index (χ3v) is 4.62. The molecule has 1 atom stereocenters. The van der Waals surface area contributed by atoms with E-state index in [2.05, 4.69) is 15.6 Å². The maximum atomic E-state index is 13.2. The summed E-state index contributed by atoms with van der Waals surface area (Å²) < 4.78 is 52.4. The monoisotopic (exact) mass is 432 g/mol. The van der Waals surface area contributed by atoms with Crippen LogP contribution >= 0.6 is 12.4 Å². The van der Waals surface area contributed by atoms with Crippen molar-refractivity contribution in [2.75, 3.05) is 26.2 Å². The molecular formula is C19H21ClF4N4O. The van der Waals surface area contributed by atoms with Crippen LogP contribution in [0.25, 0.3) is 0 Å². The average molecular weight is 433 g/mol. The normalized spacial score (nSPS) is 17.4. The zero-order chi connectivity index (χ0) is 20.1. The molecule has 2 aromatic rings. The van der Waals surface area contributed by atoms with Gasteiger partial charge in [0, 0.05) is 44.6 Å². The molecule has 10 heteroatoms. The highest BCUT2D eigenvalue weighted by Crippen LogP contribution is 2.32. The molecule has 1 aliphatic rings. The van der Waals surface area contributed by atoms with Crippen molar-refractivity contribution in [2.45, 2.75) is 18.8 Å². The number of carbonyl (C=O) groups excluding carboxylic acids is 1. The van der Waals surface area contributed by atoms with Gasteiger partial charge in [-0.1, -0.05) is 12.1 Å². The van der Waals surface area contributed by atoms with Gasteiger partial charge in [0.15, 0.2) is 0 Å². The van der Waals surface area contributed by atoms with Crippen LogP contribution in [0.15, 0.2) is 42.7 Å². The topological polar surface area (TPSA) is 57.3 Å². The Kier molecular flexibility index (Phi) is 7.95. The first kappa shape index (κ1) is 23.1. The van der Waals surface area contributed by atoms with E-state index in [1.807, 2.05) is 17.0 Å². The quantitative estimate of drug-likeness (QED) is 0.713. The lowest BCUT2D eigenvalue weighted by Crippen LogP contribution is -2.49. The van der Waals surface area contributed by atoms with Crippen LogP contribution in [-0.2, 0) is 17.5 Å². The molecule has 29 heavy (non-hydrogen) atoms. The van der Waals surface area contributed by atoms with Gasteiger partial charge in [-0.05, 0) is 29.3 Å². The molecule has 0 aliphatic carbocycles. The van der Waals surface area contributed by atoms with Gasteiger partial charge in [0.05, 0.1) is 12.1 Å². The van der Waals surface area contributed by atoms with E-state index in [-0.39, 0.29) is 37.1 Å². The molecule has 5 nitrogen and oxygen atoms in total. The summed E-state index contributed by atoms with van der Waals surface area (Å²) in [5.74, 6) is -1.37. The molecule has 3 rings (SSSR count). The first-order valence-corrected chi connectivity index (χ1v) is 8.81. The second kappa shape index (κ2) is 10.00. The molecule has 158 valence electrons. The summed E-state index contributed by atoms with van der Waals surface area (Å²) in [4.78, 5) is 18.4. The lowest BCUT2D eigenvalue weighted by Gasteiger charge is -2.35. The highest BCUT2D eigenvalue weighted by molar-refractivity contribution is 5.85. The van der Waals surface area contributed by atoms with Gasteiger partial charge in [0.25, 0.3) is 0 Å². The summed E-state index contributed by atoms with van der Waals surface area (Å²) in [5.41, 5.74) is -0.296. The largest absolute Gasteiger partial charge is 0.416 e. The van der Waals surface area contributed by atoms with Crippen molar-refractivity contribution in [2.24, 2.45) is 0 Å². The SMILES string of the molecule is Cl.O=C(CN1CCNCC1c1cccnc1)NCc1ccc(F)cc1C(F)(F)F. The average Bonchev–Trinajstić information content (AvgIpc) is 2.67. The van der Waals surface area contributed by atoms with Gasteiger partial charge in [-0.3, -0.25) is 14.7 Å². The van der Waals surface area contributed by atoms with E-state index in [0.717, 1.165) is 17.7 Å². The van der Waals surface area contributed by atoms with Crippen LogP contribution in [0.2, 0.25) is 0 Å². The first-order valence-electron chi connectivity index (χ1n) is 8.81. The number of halogens is 5. The molecular weight excluding hydrogens is 412 g/mol. The first-order chi connectivity index (χ1) is 13.3. The van der Waals surface area contributed by atoms with E-state index in [0.29, 0.717) is 25.7 Å². The Labute approximate surface area is 171 Å². The standard InChI is InChI=1S/C19H20F4N4O.ClH/c20-15-4-3-13(16(8-15)19(21,22)23)10-26-18(28)12-27-7-6-25-11-17(27)14-2-1-5-24-9-14;/h1-5,8-9,17,25H,6-7,10-12H2,(H,26,28);1H. The summed E-state index contributed by atoms with van der Waals surface area (Å²) in [5, 5.41) is 5.77. The Hall–Kier alpha value is -2.23. The molecule has 0 radical (unpaired) electrons. The van der Waals surface area contributed by atoms with Crippen LogP contribution in [0.4, 0.5) is 17.6 Å². The maximum absolute atomic E-state index is 13.2. The summed E-state index contributed by atoms with van der Waals surface area (Å²) in [6.07, 6.45) is -1.29. The molecule has 1 unspecified atom stereocenters. The fourth-order valence-electron chi connectivity index (χ4n) is 3.24. The fraction of sp³-hybridized carbons (Fsp3) is 0.368. The van der Waals surface area contributed by atoms with Crippen LogP contribution in [0.1, 0.15) is 22.7 Å². The minimum Gasteiger partial charge on any atom is -0.351 e. The number of aromatic nitrogens is 1. The van der Waals surface area contributed by atoms with Crippen molar-refractivity contribution in [3.05, 3.63) is 65.2 Å². The highest BCUT2D eigenvalue weighted by Gasteiger charge is 2.34. The molecule has 1 amide bonds. The van der Waals surface area contributed by atoms with Crippen LogP contribution in [0.3, 0.4) is 0 Å². The third kappa shape index (κ3) is 6.12. The molecule has 0 bridgehead atoms. The number of nitrogens with one attached hydrogen (secondary N) is 2. The van der Waals surface area contributed by atoms with Gasteiger partial charge < -0.3 is 10.6 Å². The summed E-state index contributed by atoms with van der Waals surface area (Å²) in [6.45, 7) is 1.70. The molecule has 1 saturated heterocycles. The molecule has 1 aromatic carbocycles. The van der Waals surface area contributed by atoms with Crippen molar-refractivity contribution >= 4 is 18.3 Å². The lowest BCUT2D eigenvalue weighted by atomic mass is 10.1. The van der Waals surface area contributed by atoms with Crippen molar-refractivity contribution in [1.82, 2.24) is 20.5 Å². The summed E-state index contributed by atoms with van der Waals surface area (Å²) in [7, 11) is 0. The van der Waals surface area contributed by atoms with Gasteiger partial charge in [-0.15, -0.1) is 12.4 Å². The number of carbonyl (C=O) groups is 1. The Balaban J connectivity index is 0.00000300. The highest BCUT2D eigenvalue weighted by atomic mass is 35.5. The van der Waals surface area contributed by atoms with E-state index in [4.69, 9.17) is 0 Å². The number of rotatable bonds is 5. The molecule has 0 saturated carbocycles. The van der Waals surface area contributed by atoms with Gasteiger partial charge in [0.1, 0.15) is 5.82 Å². The van der Waals surface area contributed by atoms with E-state index in [1.54, 1.807) is 12.4 Å². The Morgan fingerprint density at radius 2 is 2.10 bits per heavy atom. The Morgan fingerprint density at radius 3 is 2.79 bits per heavy atom. The third-order valence-electron chi connectivity index (χ3n) is 4.62. The molecule has 1 fully saturated rings. The molecule has 1 aliphatic heterocycles. The molecule has 2 heterocycles. The van der Waals surface area contributed by atoms with E-state index < -0.39 is 23.5 Å². The number of pyridine rings is 1. The minimum absolute atomic E-state index is 0. The predicted molar refractivity (Wildman–Crippen MR) is 102 cm³/mol. The van der Waals surface area contributed by atoms with Gasteiger partial charge in [-0.2, -0.15) is 13.2 Å². The Bertz CT molecular complexity index is 820. The number of amides is 1. The number of hydrogen-bond acceptors (Lipinski definition) is 4. The molecule has 1 aromatic heterocycles. The van der Waals surface area contributed by atoms with Gasteiger partial charge >= 0.3 is 6.18 Å². The smallest absolute Gasteiger partial charge is 0.351 e. The number of nitrogens with zero attached hydrogens (tertiary/aromatic N) is 2. The van der Waals surface area contributed by atoms with Crippen molar-refractivity contribution < 1.29 is 22.4 Å². The second-order valence-electron chi connectivity index (χ2n) is 6.55. The molecule has 0 spiro atoms. The zero-order valence-electron chi connectivity index (χ0n) is 15.4. The van der Waals surface area contributed by atoms with Gasteiger partial charge in [0.2, 0.25) is 5.91 Å². The minimum atomic E-state index is -4.69. The van der Waals surface area contributed by atoms with E-state index in [9.17, 15) is 22.4 Å². The van der Waals surface area contributed by atoms with E-state index in [1.165, 1.54) is 0 Å². The number of benzene rings is 1. The number of piperazine rings is 1. The van der Waals surface area contributed by atoms with Crippen molar-refractivity contribution in [3.8, 4) is 0 Å². The van der Waals surface area contributed by atoms with Crippen LogP contribution in [-0.4, -0.2) is 42.0 Å². The van der Waals surface area contributed by atoms with Crippen molar-refractivity contribution in [1.29, 1.82) is 0 Å². The number of hydrogen-bond donors (Lipinski definition) is 2. The Morgan fingerprint density at radius 1 is 1.31 bits per heavy atom. The zero-order valence-corrected chi connectivity index (χ0v) is 16.2. The van der Waals surface area contributed by atoms with Crippen molar-refractivity contribution in [3.63, 3.8) is 0 Å².